The Morgan fingerprint density at radius 1 is 1.42 bits per heavy atom. The summed E-state index contributed by atoms with van der Waals surface area (Å²) in [5, 5.41) is 2.35. The van der Waals surface area contributed by atoms with Gasteiger partial charge in [0, 0.05) is 0 Å². The zero-order valence-corrected chi connectivity index (χ0v) is 11.9. The molecule has 5 nitrogen and oxygen atoms in total. The lowest BCUT2D eigenvalue weighted by Gasteiger charge is -2.24. The first-order valence-corrected chi connectivity index (χ1v) is 8.18. The second-order valence-corrected chi connectivity index (χ2v) is 7.72. The third kappa shape index (κ3) is 2.55. The van der Waals surface area contributed by atoms with Gasteiger partial charge in [-0.1, -0.05) is 37.3 Å². The van der Waals surface area contributed by atoms with Gasteiger partial charge in [0.05, 0.1) is 11.3 Å². The SMILES string of the molecule is CCC1(S(=O)(=O)O)NC(c2ccccc2)C(C=O)S1. The fourth-order valence-corrected chi connectivity index (χ4v) is 4.86. The number of nitrogens with one attached hydrogen (secondary N) is 1. The molecule has 0 amide bonds. The summed E-state index contributed by atoms with van der Waals surface area (Å²) in [5.74, 6) is 0. The van der Waals surface area contributed by atoms with E-state index in [1.165, 1.54) is 0 Å². The molecule has 104 valence electrons. The molecule has 3 unspecified atom stereocenters. The summed E-state index contributed by atoms with van der Waals surface area (Å²) in [6.07, 6.45) is 0.891. The quantitative estimate of drug-likeness (QED) is 0.649. The van der Waals surface area contributed by atoms with Crippen LogP contribution in [-0.4, -0.2) is 28.7 Å². The van der Waals surface area contributed by atoms with Gasteiger partial charge in [0.15, 0.2) is 4.20 Å². The van der Waals surface area contributed by atoms with Crippen molar-refractivity contribution in [1.82, 2.24) is 5.32 Å². The number of hydrogen-bond acceptors (Lipinski definition) is 5. The van der Waals surface area contributed by atoms with Crippen molar-refractivity contribution in [1.29, 1.82) is 0 Å². The van der Waals surface area contributed by atoms with Crippen LogP contribution in [0.4, 0.5) is 0 Å². The van der Waals surface area contributed by atoms with Crippen molar-refractivity contribution in [2.24, 2.45) is 0 Å². The first kappa shape index (κ1) is 14.5. The molecule has 3 atom stereocenters. The largest absolute Gasteiger partial charge is 0.302 e. The number of hydrogen-bond donors (Lipinski definition) is 2. The molecule has 19 heavy (non-hydrogen) atoms. The van der Waals surface area contributed by atoms with E-state index in [1.807, 2.05) is 30.3 Å². The van der Waals surface area contributed by atoms with Gasteiger partial charge in [-0.25, -0.2) is 0 Å². The Labute approximate surface area is 116 Å². The Hall–Kier alpha value is -0.890. The van der Waals surface area contributed by atoms with E-state index < -0.39 is 25.6 Å². The van der Waals surface area contributed by atoms with Crippen molar-refractivity contribution in [2.75, 3.05) is 0 Å². The lowest BCUT2D eigenvalue weighted by atomic mass is 10.0. The lowest BCUT2D eigenvalue weighted by molar-refractivity contribution is -0.107. The van der Waals surface area contributed by atoms with Crippen molar-refractivity contribution in [3.63, 3.8) is 0 Å². The molecular formula is C12H15NO4S2. The van der Waals surface area contributed by atoms with Crippen LogP contribution in [-0.2, 0) is 14.9 Å². The summed E-state index contributed by atoms with van der Waals surface area (Å²) in [6, 6.07) is 8.71. The highest BCUT2D eigenvalue weighted by atomic mass is 32.3. The van der Waals surface area contributed by atoms with Crippen LogP contribution in [0.2, 0.25) is 0 Å². The van der Waals surface area contributed by atoms with Gasteiger partial charge < -0.3 is 4.79 Å². The Bertz CT molecular complexity index is 560. The first-order valence-electron chi connectivity index (χ1n) is 5.86. The lowest BCUT2D eigenvalue weighted by Crippen LogP contribution is -2.45. The molecule has 0 aliphatic carbocycles. The number of benzene rings is 1. The van der Waals surface area contributed by atoms with Crippen molar-refractivity contribution in [2.45, 2.75) is 28.8 Å². The van der Waals surface area contributed by atoms with Crippen LogP contribution in [0.15, 0.2) is 30.3 Å². The predicted molar refractivity (Wildman–Crippen MR) is 74.3 cm³/mol. The maximum atomic E-state index is 11.6. The van der Waals surface area contributed by atoms with Crippen LogP contribution in [0, 0.1) is 0 Å². The molecule has 1 aromatic rings. The molecule has 1 aromatic carbocycles. The zero-order chi connectivity index (χ0) is 14.1. The van der Waals surface area contributed by atoms with Gasteiger partial charge in [0.2, 0.25) is 0 Å². The summed E-state index contributed by atoms with van der Waals surface area (Å²) in [5.41, 5.74) is 0.825. The van der Waals surface area contributed by atoms with E-state index in [4.69, 9.17) is 0 Å². The average Bonchev–Trinajstić information content (AvgIpc) is 2.79. The first-order chi connectivity index (χ1) is 8.93. The molecule has 0 aromatic heterocycles. The molecule has 7 heteroatoms. The van der Waals surface area contributed by atoms with E-state index >= 15 is 0 Å². The summed E-state index contributed by atoms with van der Waals surface area (Å²) in [6.45, 7) is 1.66. The van der Waals surface area contributed by atoms with Crippen molar-refractivity contribution < 1.29 is 17.8 Å². The summed E-state index contributed by atoms with van der Waals surface area (Å²) >= 11 is 0.951. The van der Waals surface area contributed by atoms with Crippen LogP contribution in [0.25, 0.3) is 0 Å². The summed E-state index contributed by atoms with van der Waals surface area (Å²) in [7, 11) is -4.31. The third-order valence-corrected chi connectivity index (χ3v) is 6.81. The number of rotatable bonds is 4. The van der Waals surface area contributed by atoms with Crippen LogP contribution in [0.3, 0.4) is 0 Å². The Kier molecular flexibility index (Phi) is 4.00. The Morgan fingerprint density at radius 3 is 2.53 bits per heavy atom. The highest BCUT2D eigenvalue weighted by molar-refractivity contribution is 8.13. The molecule has 0 spiro atoms. The number of aldehydes is 1. The van der Waals surface area contributed by atoms with Crippen LogP contribution >= 0.6 is 11.8 Å². The van der Waals surface area contributed by atoms with Gasteiger partial charge in [-0.3, -0.25) is 9.87 Å². The van der Waals surface area contributed by atoms with Crippen molar-refractivity contribution in [3.05, 3.63) is 35.9 Å². The van der Waals surface area contributed by atoms with Gasteiger partial charge in [-0.05, 0) is 12.0 Å². The smallest absolute Gasteiger partial charge is 0.293 e. The fraction of sp³-hybridized carbons (Fsp3) is 0.417. The fourth-order valence-electron chi connectivity index (χ4n) is 2.18. The monoisotopic (exact) mass is 301 g/mol. The minimum Gasteiger partial charge on any atom is -0.302 e. The highest BCUT2D eigenvalue weighted by Crippen LogP contribution is 2.46. The molecule has 1 heterocycles. The van der Waals surface area contributed by atoms with E-state index in [1.54, 1.807) is 6.92 Å². The molecule has 0 radical (unpaired) electrons. The maximum absolute atomic E-state index is 11.6. The minimum atomic E-state index is -4.31. The molecule has 2 N–H and O–H groups in total. The predicted octanol–water partition coefficient (Wildman–Crippen LogP) is 1.58. The van der Waals surface area contributed by atoms with Crippen LogP contribution in [0.5, 0.6) is 0 Å². The van der Waals surface area contributed by atoms with E-state index in [2.05, 4.69) is 5.32 Å². The standard InChI is InChI=1S/C12H15NO4S2/c1-2-12(19(15,16)17)13-11(10(8-14)18-12)9-6-4-3-5-7-9/h3-8,10-11,13H,2H2,1H3,(H,15,16,17). The number of thioether (sulfide) groups is 1. The third-order valence-electron chi connectivity index (χ3n) is 3.21. The molecule has 2 rings (SSSR count). The molecule has 1 aliphatic heterocycles. The van der Waals surface area contributed by atoms with Crippen LogP contribution in [0.1, 0.15) is 24.9 Å². The Morgan fingerprint density at radius 2 is 2.05 bits per heavy atom. The second kappa shape index (κ2) is 5.24. The number of carbonyl (C=O) groups excluding carboxylic acids is 1. The van der Waals surface area contributed by atoms with Crippen molar-refractivity contribution >= 4 is 28.2 Å². The van der Waals surface area contributed by atoms with Crippen molar-refractivity contribution in [3.8, 4) is 0 Å². The van der Waals surface area contributed by atoms with Gasteiger partial charge in [0.25, 0.3) is 10.1 Å². The highest BCUT2D eigenvalue weighted by Gasteiger charge is 2.53. The van der Waals surface area contributed by atoms with E-state index in [0.717, 1.165) is 23.6 Å². The molecule has 1 aliphatic rings. The molecule has 0 saturated carbocycles. The van der Waals surface area contributed by atoms with E-state index in [0.29, 0.717) is 0 Å². The normalized spacial score (nSPS) is 31.3. The zero-order valence-electron chi connectivity index (χ0n) is 10.3. The molecule has 0 bridgehead atoms. The summed E-state index contributed by atoms with van der Waals surface area (Å²) in [4.78, 5) is 11.2. The number of carbonyl (C=O) groups is 1. The molecule has 1 saturated heterocycles. The van der Waals surface area contributed by atoms with Gasteiger partial charge in [-0.15, -0.1) is 11.8 Å². The second-order valence-electron chi connectivity index (χ2n) is 4.33. The van der Waals surface area contributed by atoms with E-state index in [-0.39, 0.29) is 6.42 Å². The van der Waals surface area contributed by atoms with Gasteiger partial charge >= 0.3 is 0 Å². The molecule has 1 fully saturated rings. The van der Waals surface area contributed by atoms with Gasteiger partial charge in [-0.2, -0.15) is 8.42 Å². The summed E-state index contributed by atoms with van der Waals surface area (Å²) < 4.78 is 31.1. The topological polar surface area (TPSA) is 83.5 Å². The van der Waals surface area contributed by atoms with Gasteiger partial charge in [0.1, 0.15) is 6.29 Å². The maximum Gasteiger partial charge on any atom is 0.293 e. The van der Waals surface area contributed by atoms with E-state index in [9.17, 15) is 17.8 Å². The Balaban J connectivity index is 2.40. The van der Waals surface area contributed by atoms with Crippen LogP contribution < -0.4 is 5.32 Å². The minimum absolute atomic E-state index is 0.171. The average molecular weight is 301 g/mol. The molecular weight excluding hydrogens is 286 g/mol.